The van der Waals surface area contributed by atoms with Crippen molar-refractivity contribution in [2.24, 2.45) is 0 Å². The first-order valence-corrected chi connectivity index (χ1v) is 7.27. The summed E-state index contributed by atoms with van der Waals surface area (Å²) >= 11 is 3.86. The van der Waals surface area contributed by atoms with Gasteiger partial charge in [0.1, 0.15) is 0 Å². The van der Waals surface area contributed by atoms with Crippen molar-refractivity contribution in [3.8, 4) is 0 Å². The van der Waals surface area contributed by atoms with Gasteiger partial charge in [-0.25, -0.2) is 0 Å². The van der Waals surface area contributed by atoms with Crippen LogP contribution in [0.2, 0.25) is 0 Å². The maximum atomic E-state index is 3.86. The van der Waals surface area contributed by atoms with Gasteiger partial charge in [0.2, 0.25) is 0 Å². The molecule has 0 amide bonds. The molecule has 0 aliphatic carbocycles. The number of alkyl halides is 1. The number of rotatable bonds is 3. The van der Waals surface area contributed by atoms with Gasteiger partial charge < -0.3 is 0 Å². The fraction of sp³-hybridized carbons (Fsp3) is 0.294. The van der Waals surface area contributed by atoms with Crippen LogP contribution in [0.25, 0.3) is 0 Å². The van der Waals surface area contributed by atoms with Gasteiger partial charge in [0.15, 0.2) is 0 Å². The fourth-order valence-corrected chi connectivity index (χ4v) is 3.15. The molecule has 2 unspecified atom stereocenters. The standard InChI is InChI=1S/C17H19Br/c1-12-9-10-16(13(2)11-12)17(18)14(3)15-7-5-4-6-8-15/h4-11,14,17H,1-3H3. The van der Waals surface area contributed by atoms with E-state index >= 15 is 0 Å². The summed E-state index contributed by atoms with van der Waals surface area (Å²) < 4.78 is 0. The predicted octanol–water partition coefficient (Wildman–Crippen LogP) is 5.54. The summed E-state index contributed by atoms with van der Waals surface area (Å²) in [6, 6.07) is 17.3. The molecular weight excluding hydrogens is 284 g/mol. The molecule has 2 aromatic carbocycles. The summed E-state index contributed by atoms with van der Waals surface area (Å²) in [5, 5.41) is 0. The lowest BCUT2D eigenvalue weighted by Crippen LogP contribution is -2.04. The third kappa shape index (κ3) is 2.84. The van der Waals surface area contributed by atoms with Gasteiger partial charge >= 0.3 is 0 Å². The van der Waals surface area contributed by atoms with Crippen molar-refractivity contribution in [1.29, 1.82) is 0 Å². The van der Waals surface area contributed by atoms with E-state index < -0.39 is 0 Å². The van der Waals surface area contributed by atoms with E-state index in [-0.39, 0.29) is 0 Å². The van der Waals surface area contributed by atoms with Crippen molar-refractivity contribution in [2.45, 2.75) is 31.5 Å². The Morgan fingerprint density at radius 2 is 1.61 bits per heavy atom. The Kier molecular flexibility index (Phi) is 4.23. The topological polar surface area (TPSA) is 0 Å². The highest BCUT2D eigenvalue weighted by molar-refractivity contribution is 9.09. The molecule has 2 atom stereocenters. The van der Waals surface area contributed by atoms with Crippen LogP contribution in [0.5, 0.6) is 0 Å². The van der Waals surface area contributed by atoms with E-state index in [9.17, 15) is 0 Å². The van der Waals surface area contributed by atoms with E-state index in [1.54, 1.807) is 0 Å². The number of aryl methyl sites for hydroxylation is 2. The Morgan fingerprint density at radius 1 is 0.944 bits per heavy atom. The van der Waals surface area contributed by atoms with E-state index in [0.717, 1.165) is 0 Å². The molecule has 0 saturated heterocycles. The van der Waals surface area contributed by atoms with Crippen molar-refractivity contribution in [2.75, 3.05) is 0 Å². The Labute approximate surface area is 118 Å². The molecule has 0 heterocycles. The second-order valence-electron chi connectivity index (χ2n) is 4.96. The highest BCUT2D eigenvalue weighted by Gasteiger charge is 2.19. The Morgan fingerprint density at radius 3 is 2.22 bits per heavy atom. The maximum absolute atomic E-state index is 3.86. The molecule has 1 heteroatoms. The first-order valence-electron chi connectivity index (χ1n) is 6.35. The lowest BCUT2D eigenvalue weighted by atomic mass is 9.91. The van der Waals surface area contributed by atoms with Crippen LogP contribution in [0.3, 0.4) is 0 Å². The van der Waals surface area contributed by atoms with E-state index in [1.807, 2.05) is 0 Å². The third-order valence-electron chi connectivity index (χ3n) is 3.49. The first kappa shape index (κ1) is 13.4. The molecule has 2 rings (SSSR count). The van der Waals surface area contributed by atoms with Crippen LogP contribution in [-0.4, -0.2) is 0 Å². The molecular formula is C17H19Br. The fourth-order valence-electron chi connectivity index (χ4n) is 2.33. The largest absolute Gasteiger partial charge is 0.0832 e. The molecule has 0 aliphatic heterocycles. The lowest BCUT2D eigenvalue weighted by molar-refractivity contribution is 0.748. The quantitative estimate of drug-likeness (QED) is 0.653. The summed E-state index contributed by atoms with van der Waals surface area (Å²) in [6.45, 7) is 6.60. The van der Waals surface area contributed by atoms with E-state index in [0.29, 0.717) is 10.7 Å². The second kappa shape index (κ2) is 5.71. The predicted molar refractivity (Wildman–Crippen MR) is 82.4 cm³/mol. The minimum Gasteiger partial charge on any atom is -0.0832 e. The van der Waals surface area contributed by atoms with Gasteiger partial charge in [0.05, 0.1) is 0 Å². The molecule has 0 spiro atoms. The SMILES string of the molecule is Cc1ccc(C(Br)C(C)c2ccccc2)c(C)c1. The van der Waals surface area contributed by atoms with Gasteiger partial charge in [-0.15, -0.1) is 0 Å². The minimum absolute atomic E-state index is 0.362. The van der Waals surface area contributed by atoms with Crippen molar-refractivity contribution in [3.63, 3.8) is 0 Å². The van der Waals surface area contributed by atoms with Crippen molar-refractivity contribution in [1.82, 2.24) is 0 Å². The van der Waals surface area contributed by atoms with Crippen LogP contribution in [0.4, 0.5) is 0 Å². The van der Waals surface area contributed by atoms with Crippen molar-refractivity contribution < 1.29 is 0 Å². The van der Waals surface area contributed by atoms with Crippen LogP contribution in [0.1, 0.15) is 39.9 Å². The molecule has 0 bridgehead atoms. The van der Waals surface area contributed by atoms with Gasteiger partial charge in [-0.3, -0.25) is 0 Å². The smallest absolute Gasteiger partial charge is 0.0463 e. The third-order valence-corrected chi connectivity index (χ3v) is 4.77. The first-order chi connectivity index (χ1) is 8.59. The number of hydrogen-bond acceptors (Lipinski definition) is 0. The summed E-state index contributed by atoms with van der Waals surface area (Å²) in [6.07, 6.45) is 0. The number of hydrogen-bond donors (Lipinski definition) is 0. The van der Waals surface area contributed by atoms with Gasteiger partial charge in [0, 0.05) is 4.83 Å². The molecule has 0 nitrogen and oxygen atoms in total. The Bertz CT molecular complexity index is 516. The average Bonchev–Trinajstić information content (AvgIpc) is 2.38. The molecule has 0 saturated carbocycles. The van der Waals surface area contributed by atoms with E-state index in [2.05, 4.69) is 85.2 Å². The summed E-state index contributed by atoms with van der Waals surface area (Å²) in [5.74, 6) is 0.465. The van der Waals surface area contributed by atoms with Gasteiger partial charge in [-0.05, 0) is 36.5 Å². The molecule has 18 heavy (non-hydrogen) atoms. The zero-order valence-corrected chi connectivity index (χ0v) is 12.7. The maximum Gasteiger partial charge on any atom is 0.0463 e. The van der Waals surface area contributed by atoms with Gasteiger partial charge in [-0.2, -0.15) is 0 Å². The Hall–Kier alpha value is -1.08. The monoisotopic (exact) mass is 302 g/mol. The molecule has 0 fully saturated rings. The highest BCUT2D eigenvalue weighted by Crippen LogP contribution is 2.39. The van der Waals surface area contributed by atoms with E-state index in [1.165, 1.54) is 22.3 Å². The van der Waals surface area contributed by atoms with Crippen LogP contribution in [0, 0.1) is 13.8 Å². The number of halogens is 1. The molecule has 0 aromatic heterocycles. The zero-order valence-electron chi connectivity index (χ0n) is 11.2. The number of benzene rings is 2. The lowest BCUT2D eigenvalue weighted by Gasteiger charge is -2.21. The molecule has 94 valence electrons. The summed E-state index contributed by atoms with van der Waals surface area (Å²) in [7, 11) is 0. The van der Waals surface area contributed by atoms with Crippen LogP contribution < -0.4 is 0 Å². The molecule has 0 radical (unpaired) electrons. The highest BCUT2D eigenvalue weighted by atomic mass is 79.9. The van der Waals surface area contributed by atoms with Crippen LogP contribution in [0.15, 0.2) is 48.5 Å². The van der Waals surface area contributed by atoms with Crippen LogP contribution >= 0.6 is 15.9 Å². The van der Waals surface area contributed by atoms with Gasteiger partial charge in [0.25, 0.3) is 0 Å². The minimum atomic E-state index is 0.362. The Balaban J connectivity index is 2.28. The van der Waals surface area contributed by atoms with Crippen LogP contribution in [-0.2, 0) is 0 Å². The second-order valence-corrected chi connectivity index (χ2v) is 5.95. The average molecular weight is 303 g/mol. The van der Waals surface area contributed by atoms with Crippen molar-refractivity contribution >= 4 is 15.9 Å². The summed E-state index contributed by atoms with van der Waals surface area (Å²) in [5.41, 5.74) is 5.44. The zero-order chi connectivity index (χ0) is 13.1. The van der Waals surface area contributed by atoms with Crippen molar-refractivity contribution in [3.05, 3.63) is 70.8 Å². The van der Waals surface area contributed by atoms with E-state index in [4.69, 9.17) is 0 Å². The summed E-state index contributed by atoms with van der Waals surface area (Å²) in [4.78, 5) is 0.362. The molecule has 0 N–H and O–H groups in total. The van der Waals surface area contributed by atoms with Gasteiger partial charge in [-0.1, -0.05) is 76.9 Å². The molecule has 0 aliphatic rings. The molecule has 2 aromatic rings. The normalized spacial score (nSPS) is 14.2.